The molecule has 4 rings (SSSR count). The highest BCUT2D eigenvalue weighted by atomic mass is 16.4. The quantitative estimate of drug-likeness (QED) is 0.606. The highest BCUT2D eigenvalue weighted by Crippen LogP contribution is 2.49. The third-order valence-corrected chi connectivity index (χ3v) is 4.24. The lowest BCUT2D eigenvalue weighted by molar-refractivity contribution is -0.124. The van der Waals surface area contributed by atoms with Crippen molar-refractivity contribution in [3.05, 3.63) is 0 Å². The number of carboxylic acid groups (broad SMARTS) is 1. The molecule has 2 saturated heterocycles. The highest BCUT2D eigenvalue weighted by molar-refractivity contribution is 5.66. The lowest BCUT2D eigenvalue weighted by Crippen LogP contribution is -2.65. The molecule has 5 unspecified atom stereocenters. The first kappa shape index (κ1) is 8.53. The Kier molecular flexibility index (Phi) is 1.60. The zero-order valence-corrected chi connectivity index (χ0v) is 7.97. The first-order valence-corrected chi connectivity index (χ1v) is 5.36. The SMILES string of the molecule is O=C(O)N1C2CC3CC(C2)C(O)C1C3. The third kappa shape index (κ3) is 0.947. The number of rotatable bonds is 0. The van der Waals surface area contributed by atoms with Crippen LogP contribution in [0.15, 0.2) is 0 Å². The van der Waals surface area contributed by atoms with E-state index in [0.717, 1.165) is 25.7 Å². The van der Waals surface area contributed by atoms with Crippen LogP contribution in [0.5, 0.6) is 0 Å². The van der Waals surface area contributed by atoms with Crippen molar-refractivity contribution in [2.24, 2.45) is 11.8 Å². The fraction of sp³-hybridized carbons (Fsp3) is 0.900. The average Bonchev–Trinajstić information content (AvgIpc) is 2.12. The number of hydrogen-bond acceptors (Lipinski definition) is 2. The molecular formula is C10H15NO3. The van der Waals surface area contributed by atoms with E-state index >= 15 is 0 Å². The predicted molar refractivity (Wildman–Crippen MR) is 48.9 cm³/mol. The van der Waals surface area contributed by atoms with Gasteiger partial charge in [0.2, 0.25) is 0 Å². The summed E-state index contributed by atoms with van der Waals surface area (Å²) in [5.41, 5.74) is 0. The van der Waals surface area contributed by atoms with E-state index in [1.165, 1.54) is 4.90 Å². The van der Waals surface area contributed by atoms with Crippen molar-refractivity contribution in [2.45, 2.75) is 43.9 Å². The van der Waals surface area contributed by atoms with E-state index in [-0.39, 0.29) is 12.1 Å². The molecule has 2 aliphatic heterocycles. The average molecular weight is 197 g/mol. The number of nitrogens with zero attached hydrogens (tertiary/aromatic N) is 1. The summed E-state index contributed by atoms with van der Waals surface area (Å²) in [5.74, 6) is 1.04. The Morgan fingerprint density at radius 3 is 2.71 bits per heavy atom. The lowest BCUT2D eigenvalue weighted by Gasteiger charge is -2.57. The third-order valence-electron chi connectivity index (χ3n) is 4.24. The minimum absolute atomic E-state index is 0.108. The molecular weight excluding hydrogens is 182 g/mol. The molecule has 1 amide bonds. The Labute approximate surface area is 82.5 Å². The molecule has 4 bridgehead atoms. The van der Waals surface area contributed by atoms with Crippen LogP contribution in [-0.2, 0) is 0 Å². The van der Waals surface area contributed by atoms with Crippen LogP contribution in [0.25, 0.3) is 0 Å². The van der Waals surface area contributed by atoms with E-state index < -0.39 is 12.2 Å². The number of amides is 1. The molecule has 2 N–H and O–H groups in total. The van der Waals surface area contributed by atoms with Crippen LogP contribution in [0.3, 0.4) is 0 Å². The van der Waals surface area contributed by atoms with Crippen molar-refractivity contribution < 1.29 is 15.0 Å². The molecule has 0 aromatic carbocycles. The first-order chi connectivity index (χ1) is 6.66. The smallest absolute Gasteiger partial charge is 0.407 e. The summed E-state index contributed by atoms with van der Waals surface area (Å²) in [6.07, 6.45) is 2.63. The number of carbonyl (C=O) groups is 1. The maximum atomic E-state index is 11.0. The maximum Gasteiger partial charge on any atom is 0.407 e. The van der Waals surface area contributed by atoms with Crippen molar-refractivity contribution in [1.29, 1.82) is 0 Å². The molecule has 4 aliphatic rings. The Morgan fingerprint density at radius 2 is 2.00 bits per heavy atom. The van der Waals surface area contributed by atoms with Crippen LogP contribution in [0.4, 0.5) is 4.79 Å². The van der Waals surface area contributed by atoms with E-state index in [4.69, 9.17) is 5.11 Å². The summed E-state index contributed by atoms with van der Waals surface area (Å²) >= 11 is 0. The van der Waals surface area contributed by atoms with Gasteiger partial charge < -0.3 is 10.2 Å². The van der Waals surface area contributed by atoms with Gasteiger partial charge in [-0.15, -0.1) is 0 Å². The van der Waals surface area contributed by atoms with E-state index in [0.29, 0.717) is 11.8 Å². The van der Waals surface area contributed by atoms with Gasteiger partial charge in [-0.1, -0.05) is 0 Å². The number of aliphatic hydroxyl groups is 1. The standard InChI is InChI=1S/C10H15NO3/c12-9-6-1-5-2-7(4-6)11(10(13)14)8(9)3-5/h5-9,12H,1-4H2,(H,13,14). The van der Waals surface area contributed by atoms with E-state index in [9.17, 15) is 9.90 Å². The van der Waals surface area contributed by atoms with Gasteiger partial charge in [0.05, 0.1) is 12.1 Å². The predicted octanol–water partition coefficient (Wildman–Crippen LogP) is 0.898. The summed E-state index contributed by atoms with van der Waals surface area (Å²) in [6, 6.07) is 0.0853. The second kappa shape index (κ2) is 2.63. The van der Waals surface area contributed by atoms with Gasteiger partial charge >= 0.3 is 6.09 Å². The molecule has 4 fully saturated rings. The fourth-order valence-electron chi connectivity index (χ4n) is 3.79. The van der Waals surface area contributed by atoms with E-state index in [1.807, 2.05) is 0 Å². The summed E-state index contributed by atoms with van der Waals surface area (Å²) in [5, 5.41) is 19.0. The molecule has 4 heteroatoms. The van der Waals surface area contributed by atoms with Crippen molar-refractivity contribution >= 4 is 6.09 Å². The summed E-state index contributed by atoms with van der Waals surface area (Å²) in [6.45, 7) is 0. The minimum atomic E-state index is -0.849. The molecule has 2 saturated carbocycles. The lowest BCUT2D eigenvalue weighted by atomic mass is 9.62. The molecule has 0 aromatic rings. The van der Waals surface area contributed by atoms with Gasteiger partial charge in [0.25, 0.3) is 0 Å². The van der Waals surface area contributed by atoms with Crippen LogP contribution >= 0.6 is 0 Å². The highest BCUT2D eigenvalue weighted by Gasteiger charge is 2.53. The van der Waals surface area contributed by atoms with Crippen molar-refractivity contribution in [2.75, 3.05) is 0 Å². The normalized spacial score (nSPS) is 49.8. The fourth-order valence-corrected chi connectivity index (χ4v) is 3.79. The second-order valence-corrected chi connectivity index (χ2v) is 4.97. The molecule has 0 aromatic heterocycles. The first-order valence-electron chi connectivity index (χ1n) is 5.36. The molecule has 14 heavy (non-hydrogen) atoms. The summed E-state index contributed by atoms with van der Waals surface area (Å²) in [4.78, 5) is 12.6. The monoisotopic (exact) mass is 197 g/mol. The van der Waals surface area contributed by atoms with Gasteiger partial charge in [-0.2, -0.15) is 0 Å². The Bertz CT molecular complexity index is 281. The largest absolute Gasteiger partial charge is 0.465 e. The van der Waals surface area contributed by atoms with Crippen molar-refractivity contribution in [3.8, 4) is 0 Å². The summed E-state index contributed by atoms with van der Waals surface area (Å²) in [7, 11) is 0. The summed E-state index contributed by atoms with van der Waals surface area (Å²) < 4.78 is 0. The molecule has 0 spiro atoms. The second-order valence-electron chi connectivity index (χ2n) is 4.97. The van der Waals surface area contributed by atoms with Crippen LogP contribution in [0.1, 0.15) is 25.7 Å². The van der Waals surface area contributed by atoms with Gasteiger partial charge in [-0.25, -0.2) is 4.79 Å². The van der Waals surface area contributed by atoms with Gasteiger partial charge in [-0.3, -0.25) is 4.90 Å². The van der Waals surface area contributed by atoms with Crippen LogP contribution < -0.4 is 0 Å². The van der Waals surface area contributed by atoms with Crippen LogP contribution in [0.2, 0.25) is 0 Å². The van der Waals surface area contributed by atoms with Crippen molar-refractivity contribution in [3.63, 3.8) is 0 Å². The zero-order valence-electron chi connectivity index (χ0n) is 7.97. The molecule has 4 nitrogen and oxygen atoms in total. The number of hydrogen-bond donors (Lipinski definition) is 2. The topological polar surface area (TPSA) is 60.8 Å². The van der Waals surface area contributed by atoms with Crippen LogP contribution in [0, 0.1) is 11.8 Å². The van der Waals surface area contributed by atoms with Gasteiger partial charge in [0, 0.05) is 6.04 Å². The molecule has 2 aliphatic carbocycles. The zero-order chi connectivity index (χ0) is 9.87. The Balaban J connectivity index is 1.93. The number of aliphatic hydroxyl groups excluding tert-OH is 1. The maximum absolute atomic E-state index is 11.0. The van der Waals surface area contributed by atoms with E-state index in [1.54, 1.807) is 0 Å². The minimum Gasteiger partial charge on any atom is -0.465 e. The molecule has 2 heterocycles. The Morgan fingerprint density at radius 1 is 1.21 bits per heavy atom. The van der Waals surface area contributed by atoms with Gasteiger partial charge in [0.15, 0.2) is 0 Å². The Hall–Kier alpha value is -0.770. The molecule has 5 atom stereocenters. The van der Waals surface area contributed by atoms with Crippen molar-refractivity contribution in [1.82, 2.24) is 4.90 Å². The van der Waals surface area contributed by atoms with Crippen LogP contribution in [-0.4, -0.2) is 39.4 Å². The molecule has 78 valence electrons. The number of piperidine rings is 2. The molecule has 0 radical (unpaired) electrons. The van der Waals surface area contributed by atoms with E-state index in [2.05, 4.69) is 0 Å². The van der Waals surface area contributed by atoms with Gasteiger partial charge in [0.1, 0.15) is 0 Å². The van der Waals surface area contributed by atoms with Gasteiger partial charge in [-0.05, 0) is 37.5 Å².